The highest BCUT2D eigenvalue weighted by Gasteiger charge is 2.30. The smallest absolute Gasteiger partial charge is 0.318 e. The molecule has 0 spiro atoms. The zero-order valence-electron chi connectivity index (χ0n) is 18.0. The summed E-state index contributed by atoms with van der Waals surface area (Å²) in [5.74, 6) is 0. The Kier molecular flexibility index (Phi) is 6.21. The number of aromatic nitrogens is 1. The third-order valence-electron chi connectivity index (χ3n) is 6.08. The second kappa shape index (κ2) is 8.89. The monoisotopic (exact) mass is 427 g/mol. The van der Waals surface area contributed by atoms with E-state index < -0.39 is 11.7 Å². The summed E-state index contributed by atoms with van der Waals surface area (Å²) < 4.78 is 41.4. The highest BCUT2D eigenvalue weighted by molar-refractivity contribution is 5.43. The van der Waals surface area contributed by atoms with Gasteiger partial charge in [-0.2, -0.15) is 13.2 Å². The summed E-state index contributed by atoms with van der Waals surface area (Å²) in [6, 6.07) is 18.2. The minimum absolute atomic E-state index is 0.559. The molecule has 0 amide bonds. The third kappa shape index (κ3) is 5.02. The zero-order chi connectivity index (χ0) is 22.0. The molecule has 0 unspecified atom stereocenters. The van der Waals surface area contributed by atoms with Gasteiger partial charge in [-0.05, 0) is 49.2 Å². The fourth-order valence-corrected chi connectivity index (χ4v) is 4.40. The van der Waals surface area contributed by atoms with Crippen molar-refractivity contribution in [2.24, 2.45) is 0 Å². The molecule has 164 valence electrons. The number of hydrogen-bond acceptors (Lipinski definition) is 2. The van der Waals surface area contributed by atoms with E-state index in [9.17, 15) is 13.2 Å². The largest absolute Gasteiger partial charge is 0.416 e. The molecule has 6 heteroatoms. The molecular weight excluding hydrogens is 399 g/mol. The molecule has 1 aromatic heterocycles. The minimum atomic E-state index is -4.34. The Morgan fingerprint density at radius 1 is 0.774 bits per heavy atom. The highest BCUT2D eigenvalue weighted by atomic mass is 19.4. The molecule has 1 fully saturated rings. The van der Waals surface area contributed by atoms with Crippen molar-refractivity contribution in [3.8, 4) is 5.69 Å². The maximum Gasteiger partial charge on any atom is 0.416 e. The van der Waals surface area contributed by atoms with Crippen molar-refractivity contribution in [3.05, 3.63) is 88.7 Å². The first kappa shape index (κ1) is 21.7. The Hall–Kier alpha value is -2.57. The van der Waals surface area contributed by atoms with Crippen molar-refractivity contribution in [2.45, 2.75) is 33.1 Å². The van der Waals surface area contributed by atoms with Crippen LogP contribution in [0.15, 0.2) is 60.7 Å². The lowest BCUT2D eigenvalue weighted by Crippen LogP contribution is -2.45. The molecule has 2 heterocycles. The van der Waals surface area contributed by atoms with Crippen LogP contribution in [0.25, 0.3) is 5.69 Å². The molecule has 0 atom stereocenters. The van der Waals surface area contributed by atoms with Crippen molar-refractivity contribution in [1.82, 2.24) is 14.4 Å². The highest BCUT2D eigenvalue weighted by Crippen LogP contribution is 2.31. The second-order valence-corrected chi connectivity index (χ2v) is 8.32. The van der Waals surface area contributed by atoms with Gasteiger partial charge < -0.3 is 4.57 Å². The average Bonchev–Trinajstić information content (AvgIpc) is 3.02. The Morgan fingerprint density at radius 2 is 1.42 bits per heavy atom. The van der Waals surface area contributed by atoms with Crippen molar-refractivity contribution in [2.75, 3.05) is 26.2 Å². The van der Waals surface area contributed by atoms with Gasteiger partial charge in [0.25, 0.3) is 0 Å². The van der Waals surface area contributed by atoms with E-state index in [2.05, 4.69) is 40.1 Å². The van der Waals surface area contributed by atoms with Crippen LogP contribution in [0, 0.1) is 13.8 Å². The molecule has 3 aromatic rings. The van der Waals surface area contributed by atoms with Crippen LogP contribution in [0.1, 0.15) is 28.1 Å². The summed E-state index contributed by atoms with van der Waals surface area (Å²) in [4.78, 5) is 4.90. The fraction of sp³-hybridized carbons (Fsp3) is 0.360. The molecule has 0 aliphatic carbocycles. The van der Waals surface area contributed by atoms with E-state index >= 15 is 0 Å². The predicted molar refractivity (Wildman–Crippen MR) is 117 cm³/mol. The number of aryl methyl sites for hydroxylation is 1. The average molecular weight is 428 g/mol. The van der Waals surface area contributed by atoms with E-state index in [1.165, 1.54) is 23.3 Å². The van der Waals surface area contributed by atoms with Crippen LogP contribution in [0.5, 0.6) is 0 Å². The maximum absolute atomic E-state index is 13.1. The molecular formula is C25H28F3N3. The Morgan fingerprint density at radius 3 is 2.06 bits per heavy atom. The molecule has 0 saturated carbocycles. The van der Waals surface area contributed by atoms with E-state index in [4.69, 9.17) is 0 Å². The summed E-state index contributed by atoms with van der Waals surface area (Å²) in [5.41, 5.74) is 4.41. The van der Waals surface area contributed by atoms with Gasteiger partial charge in [-0.1, -0.05) is 36.4 Å². The first-order chi connectivity index (χ1) is 14.8. The van der Waals surface area contributed by atoms with Crippen LogP contribution < -0.4 is 0 Å². The van der Waals surface area contributed by atoms with Gasteiger partial charge in [0.1, 0.15) is 0 Å². The van der Waals surface area contributed by atoms with Crippen LogP contribution in [-0.2, 0) is 19.3 Å². The molecule has 2 aromatic carbocycles. The SMILES string of the molecule is Cc1cc(CN2CCN(Cc3ccccc3)CC2)c(C)n1-c1cccc(C(F)(F)F)c1. The van der Waals surface area contributed by atoms with Gasteiger partial charge in [-0.15, -0.1) is 0 Å². The maximum atomic E-state index is 13.1. The number of benzene rings is 2. The van der Waals surface area contributed by atoms with E-state index in [0.29, 0.717) is 5.69 Å². The number of nitrogens with zero attached hydrogens (tertiary/aromatic N) is 3. The van der Waals surface area contributed by atoms with Gasteiger partial charge in [-0.3, -0.25) is 9.80 Å². The van der Waals surface area contributed by atoms with Crippen LogP contribution in [0.3, 0.4) is 0 Å². The lowest BCUT2D eigenvalue weighted by Gasteiger charge is -2.34. The summed E-state index contributed by atoms with van der Waals surface area (Å²) in [6.07, 6.45) is -4.34. The number of rotatable bonds is 5. The van der Waals surface area contributed by atoms with Crippen LogP contribution in [0.2, 0.25) is 0 Å². The second-order valence-electron chi connectivity index (χ2n) is 8.32. The fourth-order valence-electron chi connectivity index (χ4n) is 4.40. The topological polar surface area (TPSA) is 11.4 Å². The van der Waals surface area contributed by atoms with Crippen LogP contribution in [-0.4, -0.2) is 40.5 Å². The van der Waals surface area contributed by atoms with Crippen molar-refractivity contribution < 1.29 is 13.2 Å². The summed E-state index contributed by atoms with van der Waals surface area (Å²) in [6.45, 7) is 9.74. The summed E-state index contributed by atoms with van der Waals surface area (Å²) >= 11 is 0. The van der Waals surface area contributed by atoms with Gasteiger partial charge in [-0.25, -0.2) is 0 Å². The molecule has 0 bridgehead atoms. The standard InChI is InChI=1S/C25H28F3N3/c1-19-15-22(20(2)31(19)24-10-6-9-23(16-24)25(26,27)28)18-30-13-11-29(12-14-30)17-21-7-4-3-5-8-21/h3-10,15-16H,11-14,17-18H2,1-2H3. The molecule has 3 nitrogen and oxygen atoms in total. The van der Waals surface area contributed by atoms with Gasteiger partial charge in [0.2, 0.25) is 0 Å². The Balaban J connectivity index is 1.43. The van der Waals surface area contributed by atoms with Gasteiger partial charge in [0.15, 0.2) is 0 Å². The minimum Gasteiger partial charge on any atom is -0.318 e. The molecule has 1 saturated heterocycles. The lowest BCUT2D eigenvalue weighted by atomic mass is 10.1. The lowest BCUT2D eigenvalue weighted by molar-refractivity contribution is -0.137. The van der Waals surface area contributed by atoms with Crippen LogP contribution >= 0.6 is 0 Å². The normalized spacial score (nSPS) is 16.0. The Bertz CT molecular complexity index is 1020. The van der Waals surface area contributed by atoms with Crippen LogP contribution in [0.4, 0.5) is 13.2 Å². The Labute approximate surface area is 181 Å². The molecule has 4 rings (SSSR count). The van der Waals surface area contributed by atoms with Gasteiger partial charge in [0.05, 0.1) is 5.56 Å². The quantitative estimate of drug-likeness (QED) is 0.538. The summed E-state index contributed by atoms with van der Waals surface area (Å²) in [5, 5.41) is 0. The molecule has 0 radical (unpaired) electrons. The molecule has 1 aliphatic rings. The van der Waals surface area contributed by atoms with E-state index in [1.807, 2.05) is 24.5 Å². The predicted octanol–water partition coefficient (Wildman–Crippen LogP) is 5.43. The molecule has 31 heavy (non-hydrogen) atoms. The van der Waals surface area contributed by atoms with Crippen molar-refractivity contribution >= 4 is 0 Å². The van der Waals surface area contributed by atoms with E-state index in [0.717, 1.165) is 56.7 Å². The van der Waals surface area contributed by atoms with E-state index in [-0.39, 0.29) is 0 Å². The first-order valence-corrected chi connectivity index (χ1v) is 10.7. The number of alkyl halides is 3. The van der Waals surface area contributed by atoms with E-state index in [1.54, 1.807) is 6.07 Å². The first-order valence-electron chi connectivity index (χ1n) is 10.7. The van der Waals surface area contributed by atoms with Crippen molar-refractivity contribution in [3.63, 3.8) is 0 Å². The number of hydrogen-bond donors (Lipinski definition) is 0. The zero-order valence-corrected chi connectivity index (χ0v) is 18.0. The number of piperazine rings is 1. The third-order valence-corrected chi connectivity index (χ3v) is 6.08. The van der Waals surface area contributed by atoms with Crippen molar-refractivity contribution in [1.29, 1.82) is 0 Å². The van der Waals surface area contributed by atoms with Gasteiger partial charge >= 0.3 is 6.18 Å². The molecule has 1 aliphatic heterocycles. The molecule has 0 N–H and O–H groups in total. The van der Waals surface area contributed by atoms with Gasteiger partial charge in [0, 0.05) is 56.3 Å². The summed E-state index contributed by atoms with van der Waals surface area (Å²) in [7, 11) is 0. The number of halogens is 3.